The van der Waals surface area contributed by atoms with Gasteiger partial charge in [-0.2, -0.15) is 5.26 Å². The number of ether oxygens (including phenoxy) is 1. The molecule has 0 aliphatic carbocycles. The van der Waals surface area contributed by atoms with Gasteiger partial charge in [-0.3, -0.25) is 0 Å². The van der Waals surface area contributed by atoms with E-state index in [-0.39, 0.29) is 0 Å². The average Bonchev–Trinajstić information content (AvgIpc) is 2.37. The van der Waals surface area contributed by atoms with Crippen LogP contribution < -0.4 is 10.5 Å². The van der Waals surface area contributed by atoms with Crippen molar-refractivity contribution in [3.8, 4) is 17.7 Å². The van der Waals surface area contributed by atoms with Gasteiger partial charge in [-0.1, -0.05) is 6.07 Å². The first kappa shape index (κ1) is 12.9. The Hall–Kier alpha value is -2.54. The highest BCUT2D eigenvalue weighted by Crippen LogP contribution is 2.30. The van der Waals surface area contributed by atoms with Gasteiger partial charge in [0.2, 0.25) is 5.88 Å². The highest BCUT2D eigenvalue weighted by Gasteiger charge is 2.09. The fraction of sp³-hybridized carbons (Fsp3) is 0.200. The lowest BCUT2D eigenvalue weighted by Gasteiger charge is -2.12. The fourth-order valence-electron chi connectivity index (χ4n) is 1.83. The third-order valence-electron chi connectivity index (χ3n) is 2.98. The minimum Gasteiger partial charge on any atom is -0.437 e. The summed E-state index contributed by atoms with van der Waals surface area (Å²) in [6.45, 7) is 6.03. The fourth-order valence-corrected chi connectivity index (χ4v) is 1.83. The van der Waals surface area contributed by atoms with E-state index in [0.29, 0.717) is 17.1 Å². The summed E-state index contributed by atoms with van der Waals surface area (Å²) < 4.78 is 5.76. The molecule has 4 nitrogen and oxygen atoms in total. The van der Waals surface area contributed by atoms with Gasteiger partial charge >= 0.3 is 0 Å². The minimum absolute atomic E-state index is 0.326. The van der Waals surface area contributed by atoms with Crippen molar-refractivity contribution in [2.45, 2.75) is 20.8 Å². The van der Waals surface area contributed by atoms with Gasteiger partial charge in [0.1, 0.15) is 11.8 Å². The Kier molecular flexibility index (Phi) is 3.39. The monoisotopic (exact) mass is 253 g/mol. The van der Waals surface area contributed by atoms with Gasteiger partial charge in [0, 0.05) is 6.20 Å². The standard InChI is InChI=1S/C15H15N3O/c1-9-4-10(2)11(3)14(5-9)19-15-13(17)6-12(7-16)8-18-15/h4-6,8H,17H2,1-3H3. The number of hydrogen-bond acceptors (Lipinski definition) is 4. The van der Waals surface area contributed by atoms with Gasteiger partial charge in [-0.05, 0) is 49.6 Å². The quantitative estimate of drug-likeness (QED) is 0.891. The van der Waals surface area contributed by atoms with Crippen LogP contribution in [0.25, 0.3) is 0 Å². The van der Waals surface area contributed by atoms with Gasteiger partial charge in [-0.25, -0.2) is 4.98 Å². The van der Waals surface area contributed by atoms with E-state index >= 15 is 0 Å². The molecule has 1 aromatic heterocycles. The Morgan fingerprint density at radius 2 is 1.95 bits per heavy atom. The van der Waals surface area contributed by atoms with E-state index in [1.165, 1.54) is 6.20 Å². The highest BCUT2D eigenvalue weighted by molar-refractivity contribution is 5.54. The molecule has 1 heterocycles. The second kappa shape index (κ2) is 4.99. The third kappa shape index (κ3) is 2.66. The topological polar surface area (TPSA) is 71.9 Å². The molecular weight excluding hydrogens is 238 g/mol. The van der Waals surface area contributed by atoms with Crippen molar-refractivity contribution in [3.63, 3.8) is 0 Å². The molecule has 0 radical (unpaired) electrons. The van der Waals surface area contributed by atoms with Crippen LogP contribution in [0.2, 0.25) is 0 Å². The molecule has 0 saturated heterocycles. The third-order valence-corrected chi connectivity index (χ3v) is 2.98. The number of rotatable bonds is 2. The largest absolute Gasteiger partial charge is 0.437 e. The summed E-state index contributed by atoms with van der Waals surface area (Å²) in [6, 6.07) is 7.59. The zero-order valence-corrected chi connectivity index (χ0v) is 11.2. The van der Waals surface area contributed by atoms with Crippen molar-refractivity contribution < 1.29 is 4.74 Å². The van der Waals surface area contributed by atoms with Crippen molar-refractivity contribution >= 4 is 5.69 Å². The summed E-state index contributed by atoms with van der Waals surface area (Å²) in [6.07, 6.45) is 1.45. The lowest BCUT2D eigenvalue weighted by Crippen LogP contribution is -1.98. The summed E-state index contributed by atoms with van der Waals surface area (Å²) in [4.78, 5) is 4.08. The average molecular weight is 253 g/mol. The summed E-state index contributed by atoms with van der Waals surface area (Å²) in [5.74, 6) is 1.06. The number of pyridine rings is 1. The first-order valence-electron chi connectivity index (χ1n) is 5.92. The van der Waals surface area contributed by atoms with E-state index in [1.54, 1.807) is 6.07 Å². The van der Waals surface area contributed by atoms with E-state index in [4.69, 9.17) is 15.7 Å². The Balaban J connectivity index is 2.39. The number of nitriles is 1. The predicted octanol–water partition coefficient (Wildman–Crippen LogP) is 3.25. The van der Waals surface area contributed by atoms with Crippen LogP contribution in [-0.4, -0.2) is 4.98 Å². The normalized spacial score (nSPS) is 10.0. The first-order chi connectivity index (χ1) is 9.01. The molecule has 0 aliphatic heterocycles. The van der Waals surface area contributed by atoms with Crippen LogP contribution in [-0.2, 0) is 0 Å². The SMILES string of the molecule is Cc1cc(C)c(C)c(Oc2ncc(C#N)cc2N)c1. The molecule has 0 fully saturated rings. The molecule has 0 saturated carbocycles. The maximum Gasteiger partial charge on any atom is 0.242 e. The number of nitrogen functional groups attached to an aromatic ring is 1. The van der Waals surface area contributed by atoms with Crippen LogP contribution in [0.1, 0.15) is 22.3 Å². The second-order valence-electron chi connectivity index (χ2n) is 4.54. The molecule has 4 heteroatoms. The molecule has 19 heavy (non-hydrogen) atoms. The van der Waals surface area contributed by atoms with Gasteiger partial charge in [0.25, 0.3) is 0 Å². The van der Waals surface area contributed by atoms with Crippen molar-refractivity contribution in [3.05, 3.63) is 46.6 Å². The van der Waals surface area contributed by atoms with E-state index in [0.717, 1.165) is 22.4 Å². The smallest absolute Gasteiger partial charge is 0.242 e. The molecule has 0 spiro atoms. The highest BCUT2D eigenvalue weighted by atomic mass is 16.5. The molecule has 2 aromatic rings. The molecule has 2 rings (SSSR count). The van der Waals surface area contributed by atoms with Gasteiger partial charge in [0.05, 0.1) is 11.3 Å². The Bertz CT molecular complexity index is 672. The first-order valence-corrected chi connectivity index (χ1v) is 5.92. The minimum atomic E-state index is 0.326. The van der Waals surface area contributed by atoms with E-state index in [1.807, 2.05) is 32.9 Å². The number of hydrogen-bond donors (Lipinski definition) is 1. The Labute approximate surface area is 112 Å². The molecule has 0 aliphatic rings. The van der Waals surface area contributed by atoms with Crippen molar-refractivity contribution in [2.24, 2.45) is 0 Å². The molecule has 2 N–H and O–H groups in total. The predicted molar refractivity (Wildman–Crippen MR) is 74.1 cm³/mol. The Morgan fingerprint density at radius 3 is 2.58 bits per heavy atom. The maximum atomic E-state index is 8.77. The van der Waals surface area contributed by atoms with E-state index < -0.39 is 0 Å². The van der Waals surface area contributed by atoms with Crippen molar-refractivity contribution in [1.29, 1.82) is 5.26 Å². The molecule has 0 unspecified atom stereocenters. The molecule has 0 atom stereocenters. The molecule has 0 bridgehead atoms. The molecule has 96 valence electrons. The van der Waals surface area contributed by atoms with Crippen LogP contribution in [0.5, 0.6) is 11.6 Å². The number of nitrogens with two attached hydrogens (primary N) is 1. The number of benzene rings is 1. The summed E-state index contributed by atoms with van der Waals surface area (Å²) in [5.41, 5.74) is 9.93. The summed E-state index contributed by atoms with van der Waals surface area (Å²) in [5, 5.41) is 8.77. The van der Waals surface area contributed by atoms with Crippen LogP contribution in [0.4, 0.5) is 5.69 Å². The number of aryl methyl sites for hydroxylation is 2. The van der Waals surface area contributed by atoms with E-state index in [2.05, 4.69) is 11.1 Å². The van der Waals surface area contributed by atoms with Gasteiger partial charge in [-0.15, -0.1) is 0 Å². The number of aromatic nitrogens is 1. The summed E-state index contributed by atoms with van der Waals surface area (Å²) in [7, 11) is 0. The van der Waals surface area contributed by atoms with Crippen LogP contribution in [0, 0.1) is 32.1 Å². The van der Waals surface area contributed by atoms with Crippen LogP contribution in [0.15, 0.2) is 24.4 Å². The lowest BCUT2D eigenvalue weighted by molar-refractivity contribution is 0.461. The summed E-state index contributed by atoms with van der Waals surface area (Å²) >= 11 is 0. The maximum absolute atomic E-state index is 8.77. The Morgan fingerprint density at radius 1 is 1.21 bits per heavy atom. The van der Waals surface area contributed by atoms with Crippen molar-refractivity contribution in [1.82, 2.24) is 4.98 Å². The number of nitrogens with zero attached hydrogens (tertiary/aromatic N) is 2. The molecular formula is C15H15N3O. The second-order valence-corrected chi connectivity index (χ2v) is 4.54. The van der Waals surface area contributed by atoms with Crippen LogP contribution >= 0.6 is 0 Å². The van der Waals surface area contributed by atoms with E-state index in [9.17, 15) is 0 Å². The zero-order valence-electron chi connectivity index (χ0n) is 11.2. The van der Waals surface area contributed by atoms with Crippen LogP contribution in [0.3, 0.4) is 0 Å². The van der Waals surface area contributed by atoms with Crippen molar-refractivity contribution in [2.75, 3.05) is 5.73 Å². The molecule has 1 aromatic carbocycles. The molecule has 0 amide bonds. The lowest BCUT2D eigenvalue weighted by atomic mass is 10.1. The van der Waals surface area contributed by atoms with Gasteiger partial charge < -0.3 is 10.5 Å². The van der Waals surface area contributed by atoms with Gasteiger partial charge in [0.15, 0.2) is 0 Å². The number of anilines is 1. The zero-order chi connectivity index (χ0) is 14.0.